The molecule has 4 rings (SSSR count). The normalized spacial score (nSPS) is 19.2. The lowest BCUT2D eigenvalue weighted by atomic mass is 10.1. The van der Waals surface area contributed by atoms with Gasteiger partial charge in [0.2, 0.25) is 17.7 Å². The van der Waals surface area contributed by atoms with Crippen molar-refractivity contribution in [3.63, 3.8) is 0 Å². The molecule has 3 amide bonds. The van der Waals surface area contributed by atoms with Gasteiger partial charge >= 0.3 is 0 Å². The molecule has 3 atom stereocenters. The third-order valence-corrected chi connectivity index (χ3v) is 5.74. The van der Waals surface area contributed by atoms with E-state index in [-0.39, 0.29) is 36.7 Å². The lowest BCUT2D eigenvalue weighted by Gasteiger charge is -2.22. The number of anilines is 1. The number of fused-ring (bicyclic) bond motifs is 1. The van der Waals surface area contributed by atoms with E-state index >= 15 is 0 Å². The number of hydrogen-bond donors (Lipinski definition) is 2. The van der Waals surface area contributed by atoms with Crippen LogP contribution in [0.15, 0.2) is 48.5 Å². The van der Waals surface area contributed by atoms with Crippen LogP contribution in [0.2, 0.25) is 0 Å². The number of hydrogen-bond acceptors (Lipinski definition) is 5. The molecule has 2 aromatic rings. The van der Waals surface area contributed by atoms with Crippen molar-refractivity contribution in [1.82, 2.24) is 10.6 Å². The topological polar surface area (TPSA) is 97.0 Å². The molecular formula is C24H27N3O5. The van der Waals surface area contributed by atoms with Crippen LogP contribution in [0, 0.1) is 5.92 Å². The highest BCUT2D eigenvalue weighted by molar-refractivity contribution is 6.01. The van der Waals surface area contributed by atoms with Crippen molar-refractivity contribution in [3.8, 4) is 11.5 Å². The summed E-state index contributed by atoms with van der Waals surface area (Å²) in [4.78, 5) is 39.4. The van der Waals surface area contributed by atoms with Crippen LogP contribution in [-0.4, -0.2) is 43.5 Å². The summed E-state index contributed by atoms with van der Waals surface area (Å²) in [5.74, 6) is -0.0250. The molecule has 2 aliphatic rings. The van der Waals surface area contributed by atoms with Gasteiger partial charge in [0.1, 0.15) is 19.3 Å². The van der Waals surface area contributed by atoms with Gasteiger partial charge in [0.25, 0.3) is 0 Å². The zero-order valence-corrected chi connectivity index (χ0v) is 18.2. The highest BCUT2D eigenvalue weighted by atomic mass is 16.6. The van der Waals surface area contributed by atoms with E-state index in [1.54, 1.807) is 30.0 Å². The molecule has 2 heterocycles. The van der Waals surface area contributed by atoms with Crippen molar-refractivity contribution in [3.05, 3.63) is 54.1 Å². The van der Waals surface area contributed by atoms with E-state index in [1.165, 1.54) is 0 Å². The summed E-state index contributed by atoms with van der Waals surface area (Å²) >= 11 is 0. The number of carbonyl (C=O) groups excluding carboxylic acids is 3. The molecule has 8 heteroatoms. The van der Waals surface area contributed by atoms with Gasteiger partial charge in [0.05, 0.1) is 12.0 Å². The predicted molar refractivity (Wildman–Crippen MR) is 118 cm³/mol. The van der Waals surface area contributed by atoms with Crippen LogP contribution >= 0.6 is 0 Å². The molecule has 168 valence electrons. The molecule has 0 aliphatic carbocycles. The summed E-state index contributed by atoms with van der Waals surface area (Å²) in [6.07, 6.45) is 0.0923. The van der Waals surface area contributed by atoms with Gasteiger partial charge in [-0.05, 0) is 31.5 Å². The molecule has 2 aliphatic heterocycles. The average molecular weight is 437 g/mol. The Balaban J connectivity index is 1.34. The molecule has 2 aromatic carbocycles. The van der Waals surface area contributed by atoms with Gasteiger partial charge in [0.15, 0.2) is 11.5 Å². The third kappa shape index (κ3) is 4.69. The standard InChI is InChI=1S/C24H27N3O5/c1-15(17-6-4-3-5-7-17)25-23(29)16(2)26-24(30)18-12-22(28)27(14-18)19-8-9-20-21(13-19)32-11-10-31-20/h3-9,13,15-16,18H,10-12,14H2,1-2H3,(H,25,29)(H,26,30). The van der Waals surface area contributed by atoms with Crippen molar-refractivity contribution in [2.75, 3.05) is 24.7 Å². The minimum Gasteiger partial charge on any atom is -0.486 e. The summed E-state index contributed by atoms with van der Waals surface area (Å²) in [6, 6.07) is 14.0. The molecule has 1 saturated heterocycles. The predicted octanol–water partition coefficient (Wildman–Crippen LogP) is 2.19. The number of nitrogens with one attached hydrogen (secondary N) is 2. The second-order valence-corrected chi connectivity index (χ2v) is 8.10. The molecule has 1 fully saturated rings. The van der Waals surface area contributed by atoms with Crippen LogP contribution < -0.4 is 25.0 Å². The summed E-state index contributed by atoms with van der Waals surface area (Å²) in [7, 11) is 0. The number of ether oxygens (including phenoxy) is 2. The van der Waals surface area contributed by atoms with Crippen LogP contribution in [0.4, 0.5) is 5.69 Å². The molecule has 32 heavy (non-hydrogen) atoms. The summed E-state index contributed by atoms with van der Waals surface area (Å²) in [5.41, 5.74) is 1.65. The highest BCUT2D eigenvalue weighted by Gasteiger charge is 2.36. The summed E-state index contributed by atoms with van der Waals surface area (Å²) in [6.45, 7) is 4.73. The van der Waals surface area contributed by atoms with Crippen LogP contribution in [-0.2, 0) is 14.4 Å². The van der Waals surface area contributed by atoms with Gasteiger partial charge < -0.3 is 25.0 Å². The zero-order valence-electron chi connectivity index (χ0n) is 18.2. The fourth-order valence-electron chi connectivity index (χ4n) is 3.89. The van der Waals surface area contributed by atoms with Gasteiger partial charge in [0, 0.05) is 24.7 Å². The van der Waals surface area contributed by atoms with Crippen LogP contribution in [0.3, 0.4) is 0 Å². The van der Waals surface area contributed by atoms with E-state index in [1.807, 2.05) is 37.3 Å². The van der Waals surface area contributed by atoms with Gasteiger partial charge in [-0.3, -0.25) is 14.4 Å². The van der Waals surface area contributed by atoms with Gasteiger partial charge in [-0.25, -0.2) is 0 Å². The van der Waals surface area contributed by atoms with Crippen LogP contribution in [0.5, 0.6) is 11.5 Å². The van der Waals surface area contributed by atoms with Crippen molar-refractivity contribution in [2.45, 2.75) is 32.4 Å². The summed E-state index contributed by atoms with van der Waals surface area (Å²) < 4.78 is 11.1. The quantitative estimate of drug-likeness (QED) is 0.722. The van der Waals surface area contributed by atoms with Crippen molar-refractivity contribution >= 4 is 23.4 Å². The highest BCUT2D eigenvalue weighted by Crippen LogP contribution is 2.36. The van der Waals surface area contributed by atoms with E-state index in [2.05, 4.69) is 10.6 Å². The Morgan fingerprint density at radius 1 is 1.00 bits per heavy atom. The Kier molecular flexibility index (Phi) is 6.30. The Morgan fingerprint density at radius 3 is 2.47 bits per heavy atom. The monoisotopic (exact) mass is 437 g/mol. The Bertz CT molecular complexity index is 1010. The van der Waals surface area contributed by atoms with Gasteiger partial charge in [-0.2, -0.15) is 0 Å². The molecule has 2 N–H and O–H groups in total. The first kappa shape index (κ1) is 21.7. The molecular weight excluding hydrogens is 410 g/mol. The first-order chi connectivity index (χ1) is 15.4. The lowest BCUT2D eigenvalue weighted by molar-refractivity contribution is -0.131. The molecule has 0 radical (unpaired) electrons. The second kappa shape index (κ2) is 9.30. The molecule has 0 saturated carbocycles. The maximum Gasteiger partial charge on any atom is 0.242 e. The van der Waals surface area contributed by atoms with E-state index in [0.29, 0.717) is 30.4 Å². The SMILES string of the molecule is CC(NC(=O)C1CC(=O)N(c2ccc3c(c2)OCCO3)C1)C(=O)NC(C)c1ccccc1. The average Bonchev–Trinajstić information content (AvgIpc) is 3.21. The first-order valence-electron chi connectivity index (χ1n) is 10.8. The van der Waals surface area contributed by atoms with Crippen molar-refractivity contribution in [2.24, 2.45) is 5.92 Å². The van der Waals surface area contributed by atoms with E-state index in [4.69, 9.17) is 9.47 Å². The Hall–Kier alpha value is -3.55. The zero-order chi connectivity index (χ0) is 22.7. The minimum atomic E-state index is -0.716. The first-order valence-corrected chi connectivity index (χ1v) is 10.8. The van der Waals surface area contributed by atoms with E-state index < -0.39 is 12.0 Å². The third-order valence-electron chi connectivity index (χ3n) is 5.74. The summed E-state index contributed by atoms with van der Waals surface area (Å²) in [5, 5.41) is 5.65. The second-order valence-electron chi connectivity index (χ2n) is 8.10. The fourth-order valence-corrected chi connectivity index (χ4v) is 3.89. The van der Waals surface area contributed by atoms with Gasteiger partial charge in [-0.1, -0.05) is 30.3 Å². The molecule has 8 nitrogen and oxygen atoms in total. The number of amides is 3. The number of rotatable bonds is 6. The van der Waals surface area contributed by atoms with Crippen LogP contribution in [0.25, 0.3) is 0 Å². The van der Waals surface area contributed by atoms with Crippen molar-refractivity contribution in [1.29, 1.82) is 0 Å². The van der Waals surface area contributed by atoms with Gasteiger partial charge in [-0.15, -0.1) is 0 Å². The lowest BCUT2D eigenvalue weighted by Crippen LogP contribution is -2.47. The maximum absolute atomic E-state index is 12.8. The maximum atomic E-state index is 12.8. The number of carbonyl (C=O) groups is 3. The smallest absolute Gasteiger partial charge is 0.242 e. The van der Waals surface area contributed by atoms with E-state index in [0.717, 1.165) is 5.56 Å². The number of nitrogens with zero attached hydrogens (tertiary/aromatic N) is 1. The minimum absolute atomic E-state index is 0.0923. The van der Waals surface area contributed by atoms with E-state index in [9.17, 15) is 14.4 Å². The molecule has 3 unspecified atom stereocenters. The largest absolute Gasteiger partial charge is 0.486 e. The van der Waals surface area contributed by atoms with Crippen molar-refractivity contribution < 1.29 is 23.9 Å². The molecule has 0 bridgehead atoms. The fraction of sp³-hybridized carbons (Fsp3) is 0.375. The number of benzene rings is 2. The Labute approximate surface area is 186 Å². The van der Waals surface area contributed by atoms with Crippen LogP contribution in [0.1, 0.15) is 31.9 Å². The molecule has 0 spiro atoms. The molecule has 0 aromatic heterocycles. The Morgan fingerprint density at radius 2 is 1.72 bits per heavy atom.